The van der Waals surface area contributed by atoms with Crippen LogP contribution in [0.4, 0.5) is 4.39 Å². The summed E-state index contributed by atoms with van der Waals surface area (Å²) in [6.45, 7) is 0. The summed E-state index contributed by atoms with van der Waals surface area (Å²) in [6.07, 6.45) is 3.70. The Balaban J connectivity index is 2.05. The fourth-order valence-corrected chi connectivity index (χ4v) is 2.78. The van der Waals surface area contributed by atoms with Crippen LogP contribution in [-0.4, -0.2) is 16.8 Å². The van der Waals surface area contributed by atoms with E-state index in [1.54, 1.807) is 0 Å². The molecule has 1 fully saturated rings. The fourth-order valence-electron chi connectivity index (χ4n) is 1.61. The van der Waals surface area contributed by atoms with E-state index < -0.39 is 5.97 Å². The molecular weight excluding hydrogens is 227 g/mol. The second-order valence-corrected chi connectivity index (χ2v) is 5.12. The maximum absolute atomic E-state index is 13.4. The second kappa shape index (κ2) is 4.87. The molecule has 2 nitrogen and oxygen atoms in total. The number of rotatable bonds is 4. The third-order valence-electron chi connectivity index (χ3n) is 2.88. The number of carbonyl (C=O) groups is 1. The fraction of sp³-hybridized carbons (Fsp3) is 0.417. The minimum atomic E-state index is -1.01. The third-order valence-corrected chi connectivity index (χ3v) is 4.14. The summed E-state index contributed by atoms with van der Waals surface area (Å²) < 4.78 is 13.4. The van der Waals surface area contributed by atoms with Gasteiger partial charge < -0.3 is 5.11 Å². The molecular formula is C12H13FO2S. The summed E-state index contributed by atoms with van der Waals surface area (Å²) in [5, 5.41) is 8.80. The van der Waals surface area contributed by atoms with Crippen molar-refractivity contribution < 1.29 is 14.3 Å². The first kappa shape index (κ1) is 11.5. The monoisotopic (exact) mass is 240 g/mol. The van der Waals surface area contributed by atoms with E-state index in [4.69, 9.17) is 5.11 Å². The van der Waals surface area contributed by atoms with Gasteiger partial charge in [0, 0.05) is 10.6 Å². The van der Waals surface area contributed by atoms with E-state index >= 15 is 0 Å². The minimum Gasteiger partial charge on any atom is -0.478 e. The molecule has 16 heavy (non-hydrogen) atoms. The molecule has 1 aliphatic rings. The van der Waals surface area contributed by atoms with E-state index in [1.165, 1.54) is 49.2 Å². The van der Waals surface area contributed by atoms with Crippen molar-refractivity contribution >= 4 is 17.7 Å². The van der Waals surface area contributed by atoms with E-state index in [-0.39, 0.29) is 11.4 Å². The van der Waals surface area contributed by atoms with Crippen molar-refractivity contribution in [1.82, 2.24) is 0 Å². The number of thioether (sulfide) groups is 1. The van der Waals surface area contributed by atoms with E-state index in [2.05, 4.69) is 0 Å². The first-order valence-electron chi connectivity index (χ1n) is 5.32. The number of hydrogen-bond acceptors (Lipinski definition) is 2. The number of benzene rings is 1. The van der Waals surface area contributed by atoms with Crippen LogP contribution >= 0.6 is 11.8 Å². The molecule has 0 bridgehead atoms. The van der Waals surface area contributed by atoms with Crippen LogP contribution in [0, 0.1) is 11.7 Å². The molecule has 0 saturated heterocycles. The molecule has 1 aromatic rings. The zero-order chi connectivity index (χ0) is 11.5. The number of hydrogen-bond donors (Lipinski definition) is 1. The maximum atomic E-state index is 13.4. The average molecular weight is 240 g/mol. The van der Waals surface area contributed by atoms with E-state index in [0.717, 1.165) is 5.75 Å². The van der Waals surface area contributed by atoms with Gasteiger partial charge in [-0.2, -0.15) is 0 Å². The zero-order valence-electron chi connectivity index (χ0n) is 8.78. The van der Waals surface area contributed by atoms with Crippen molar-refractivity contribution in [1.29, 1.82) is 0 Å². The summed E-state index contributed by atoms with van der Waals surface area (Å²) in [4.78, 5) is 11.2. The molecule has 0 atom stereocenters. The topological polar surface area (TPSA) is 37.3 Å². The highest BCUT2D eigenvalue weighted by molar-refractivity contribution is 7.99. The molecule has 0 aliphatic heterocycles. The quantitative estimate of drug-likeness (QED) is 0.819. The first-order chi connectivity index (χ1) is 7.66. The Morgan fingerprint density at radius 3 is 2.81 bits per heavy atom. The Labute approximate surface area is 97.9 Å². The first-order valence-corrected chi connectivity index (χ1v) is 6.31. The molecule has 1 aromatic carbocycles. The molecule has 0 aromatic heterocycles. The highest BCUT2D eigenvalue weighted by Gasteiger charge is 2.18. The molecule has 86 valence electrons. The van der Waals surface area contributed by atoms with Gasteiger partial charge in [-0.1, -0.05) is 6.42 Å². The van der Waals surface area contributed by atoms with Gasteiger partial charge in [0.1, 0.15) is 5.82 Å². The van der Waals surface area contributed by atoms with Crippen molar-refractivity contribution in [2.45, 2.75) is 24.2 Å². The lowest BCUT2D eigenvalue weighted by molar-refractivity contribution is 0.0696. The maximum Gasteiger partial charge on any atom is 0.335 e. The summed E-state index contributed by atoms with van der Waals surface area (Å²) in [7, 11) is 0. The van der Waals surface area contributed by atoms with Crippen LogP contribution in [0.1, 0.15) is 29.6 Å². The largest absolute Gasteiger partial charge is 0.478 e. The van der Waals surface area contributed by atoms with Crippen molar-refractivity contribution in [2.24, 2.45) is 5.92 Å². The average Bonchev–Trinajstić information content (AvgIpc) is 2.18. The number of aromatic carboxylic acids is 1. The molecule has 1 saturated carbocycles. The molecule has 0 amide bonds. The van der Waals surface area contributed by atoms with Crippen molar-refractivity contribution in [3.63, 3.8) is 0 Å². The van der Waals surface area contributed by atoms with Gasteiger partial charge in [0.2, 0.25) is 0 Å². The molecule has 0 unspecified atom stereocenters. The van der Waals surface area contributed by atoms with Gasteiger partial charge in [0.05, 0.1) is 5.56 Å². The van der Waals surface area contributed by atoms with Crippen LogP contribution < -0.4 is 0 Å². The second-order valence-electron chi connectivity index (χ2n) is 4.06. The van der Waals surface area contributed by atoms with Gasteiger partial charge in [-0.25, -0.2) is 9.18 Å². The summed E-state index contributed by atoms with van der Waals surface area (Å²) in [6, 6.07) is 3.94. The SMILES string of the molecule is O=C(O)c1ccc(F)c(SCC2CCC2)c1. The van der Waals surface area contributed by atoms with Crippen LogP contribution in [0.25, 0.3) is 0 Å². The van der Waals surface area contributed by atoms with E-state index in [9.17, 15) is 9.18 Å². The molecule has 0 spiro atoms. The highest BCUT2D eigenvalue weighted by atomic mass is 32.2. The Bertz CT molecular complexity index is 402. The Morgan fingerprint density at radius 2 is 2.25 bits per heavy atom. The van der Waals surface area contributed by atoms with Crippen molar-refractivity contribution in [2.75, 3.05) is 5.75 Å². The van der Waals surface area contributed by atoms with Crippen LogP contribution in [0.2, 0.25) is 0 Å². The summed E-state index contributed by atoms with van der Waals surface area (Å²) in [5.74, 6) is 0.234. The lowest BCUT2D eigenvalue weighted by Gasteiger charge is -2.24. The van der Waals surface area contributed by atoms with Crippen LogP contribution in [0.3, 0.4) is 0 Å². The van der Waals surface area contributed by atoms with Crippen LogP contribution in [0.5, 0.6) is 0 Å². The molecule has 2 rings (SSSR count). The van der Waals surface area contributed by atoms with Crippen LogP contribution in [0.15, 0.2) is 23.1 Å². The summed E-state index contributed by atoms with van der Waals surface area (Å²) >= 11 is 1.42. The normalized spacial score (nSPS) is 15.8. The van der Waals surface area contributed by atoms with Crippen molar-refractivity contribution in [3.05, 3.63) is 29.6 Å². The van der Waals surface area contributed by atoms with E-state index in [1.807, 2.05) is 0 Å². The molecule has 1 N–H and O–H groups in total. The Kier molecular flexibility index (Phi) is 3.49. The molecule has 4 heteroatoms. The van der Waals surface area contributed by atoms with Gasteiger partial charge >= 0.3 is 5.97 Å². The highest BCUT2D eigenvalue weighted by Crippen LogP contribution is 2.33. The predicted octanol–water partition coefficient (Wildman–Crippen LogP) is 3.42. The minimum absolute atomic E-state index is 0.150. The molecule has 1 aliphatic carbocycles. The van der Waals surface area contributed by atoms with E-state index in [0.29, 0.717) is 10.8 Å². The van der Waals surface area contributed by atoms with Crippen LogP contribution in [-0.2, 0) is 0 Å². The third kappa shape index (κ3) is 2.55. The standard InChI is InChI=1S/C12H13FO2S/c13-10-5-4-9(12(14)15)6-11(10)16-7-8-2-1-3-8/h4-6,8H,1-3,7H2,(H,14,15). The lowest BCUT2D eigenvalue weighted by atomic mass is 9.87. The number of carboxylic acids is 1. The zero-order valence-corrected chi connectivity index (χ0v) is 9.60. The Morgan fingerprint density at radius 1 is 1.50 bits per heavy atom. The number of carboxylic acid groups (broad SMARTS) is 1. The summed E-state index contributed by atoms with van der Waals surface area (Å²) in [5.41, 5.74) is 0.150. The molecule has 0 radical (unpaired) electrons. The van der Waals surface area contributed by atoms with Gasteiger partial charge in [0.25, 0.3) is 0 Å². The van der Waals surface area contributed by atoms with Gasteiger partial charge in [-0.3, -0.25) is 0 Å². The van der Waals surface area contributed by atoms with Gasteiger partial charge in [-0.15, -0.1) is 11.8 Å². The molecule has 0 heterocycles. The lowest BCUT2D eigenvalue weighted by Crippen LogP contribution is -2.13. The predicted molar refractivity (Wildman–Crippen MR) is 61.4 cm³/mol. The van der Waals surface area contributed by atoms with Crippen molar-refractivity contribution in [3.8, 4) is 0 Å². The van der Waals surface area contributed by atoms with Gasteiger partial charge in [0.15, 0.2) is 0 Å². The smallest absolute Gasteiger partial charge is 0.335 e. The van der Waals surface area contributed by atoms with Gasteiger partial charge in [-0.05, 0) is 37.0 Å². The Hall–Kier alpha value is -1.03. The number of halogens is 1.